The summed E-state index contributed by atoms with van der Waals surface area (Å²) < 4.78 is 4.84. The van der Waals surface area contributed by atoms with Gasteiger partial charge in [0.05, 0.1) is 22.3 Å². The molecule has 0 aliphatic rings. The van der Waals surface area contributed by atoms with Crippen LogP contribution in [0.4, 0.5) is 11.6 Å². The number of nitrogens with two attached hydrogens (primary N) is 2. The molecule has 2 aromatic carbocycles. The first kappa shape index (κ1) is 28.4. The normalized spacial score (nSPS) is 11.2. The van der Waals surface area contributed by atoms with Crippen LogP contribution >= 0.6 is 0 Å². The first-order chi connectivity index (χ1) is 19.7. The molecule has 3 heterocycles. The highest BCUT2D eigenvalue weighted by molar-refractivity contribution is 6.02. The molecule has 5 rings (SSSR count). The van der Waals surface area contributed by atoms with Crippen LogP contribution in [0.25, 0.3) is 28.7 Å². The Morgan fingerprint density at radius 1 is 1.05 bits per heavy atom. The third-order valence-corrected chi connectivity index (χ3v) is 6.09. The quantitative estimate of drug-likeness (QED) is 0.294. The molecule has 208 valence electrons. The lowest BCUT2D eigenvalue weighted by atomic mass is 10.1. The molecule has 11 nitrogen and oxygen atoms in total. The lowest BCUT2D eigenvalue weighted by Crippen LogP contribution is -2.24. The molecule has 0 saturated carbocycles. The average molecular weight is 550 g/mol. The van der Waals surface area contributed by atoms with Gasteiger partial charge in [-0.15, -0.1) is 0 Å². The topological polar surface area (TPSA) is 152 Å². The molecular formula is C30H31N9O2. The first-order valence-corrected chi connectivity index (χ1v) is 12.8. The van der Waals surface area contributed by atoms with Crippen molar-refractivity contribution in [1.29, 1.82) is 0 Å². The minimum Gasteiger partial charge on any atom is -0.381 e. The van der Waals surface area contributed by atoms with E-state index in [1.54, 1.807) is 16.3 Å². The Morgan fingerprint density at radius 2 is 1.80 bits per heavy atom. The second-order valence-corrected chi connectivity index (χ2v) is 8.93. The number of carbonyl (C=O) groups is 1. The van der Waals surface area contributed by atoms with Gasteiger partial charge in [-0.05, 0) is 35.9 Å². The van der Waals surface area contributed by atoms with E-state index in [9.17, 15) is 9.59 Å². The smallest absolute Gasteiger partial charge is 0.266 e. The van der Waals surface area contributed by atoms with E-state index in [2.05, 4.69) is 21.8 Å². The number of nitrogens with zero attached hydrogens (tertiary/aromatic N) is 7. The number of hydrogen-bond acceptors (Lipinski definition) is 7. The zero-order valence-electron chi connectivity index (χ0n) is 23.1. The highest BCUT2D eigenvalue weighted by Gasteiger charge is 2.17. The van der Waals surface area contributed by atoms with Crippen LogP contribution < -0.4 is 17.0 Å². The predicted octanol–water partition coefficient (Wildman–Crippen LogP) is 3.84. The van der Waals surface area contributed by atoms with Gasteiger partial charge in [-0.1, -0.05) is 56.0 Å². The summed E-state index contributed by atoms with van der Waals surface area (Å²) in [4.78, 5) is 33.1. The Morgan fingerprint density at radius 3 is 2.44 bits per heavy atom. The van der Waals surface area contributed by atoms with Crippen LogP contribution in [0.2, 0.25) is 0 Å². The Hall–Kier alpha value is -5.58. The van der Waals surface area contributed by atoms with Crippen LogP contribution in [0.15, 0.2) is 83.2 Å². The lowest BCUT2D eigenvalue weighted by molar-refractivity contribution is 0.100. The van der Waals surface area contributed by atoms with Crippen molar-refractivity contribution >= 4 is 46.8 Å². The van der Waals surface area contributed by atoms with Crippen LogP contribution in [-0.2, 0) is 20.5 Å². The molecule has 3 aromatic heterocycles. The first-order valence-electron chi connectivity index (χ1n) is 12.8. The number of hydrogen-bond donors (Lipinski definition) is 2. The highest BCUT2D eigenvalue weighted by Crippen LogP contribution is 2.23. The Balaban J connectivity index is 0.000000234. The number of aromatic nitrogens is 6. The van der Waals surface area contributed by atoms with E-state index >= 15 is 0 Å². The molecule has 0 aliphatic heterocycles. The number of anilines is 1. The van der Waals surface area contributed by atoms with E-state index in [1.165, 1.54) is 17.0 Å². The second-order valence-electron chi connectivity index (χ2n) is 8.93. The van der Waals surface area contributed by atoms with E-state index in [1.807, 2.05) is 86.9 Å². The molecule has 0 bridgehead atoms. The van der Waals surface area contributed by atoms with Crippen LogP contribution in [0, 0.1) is 0 Å². The largest absolute Gasteiger partial charge is 0.381 e. The number of fused-ring (bicyclic) bond motifs is 1. The summed E-state index contributed by atoms with van der Waals surface area (Å²) in [5.41, 5.74) is 13.9. The fourth-order valence-corrected chi connectivity index (χ4v) is 4.26. The van der Waals surface area contributed by atoms with Gasteiger partial charge in [-0.2, -0.15) is 10.2 Å². The van der Waals surface area contributed by atoms with Crippen molar-refractivity contribution in [2.24, 2.45) is 24.8 Å². The summed E-state index contributed by atoms with van der Waals surface area (Å²) in [5.74, 6) is 0.516. The zero-order chi connectivity index (χ0) is 29.5. The SMILES string of the molecule is C=C/C=N\c1c(C(N)=O)c(N)nn1C.CCc1nc2cccc(/C=C/c3ccn(C)n3)c2c(=O)n1-c1ccccc1. The van der Waals surface area contributed by atoms with Crippen molar-refractivity contribution in [3.8, 4) is 5.69 Å². The average Bonchev–Trinajstić information content (AvgIpc) is 3.51. The molecule has 0 atom stereocenters. The molecule has 0 fully saturated rings. The molecule has 5 aromatic rings. The Labute approximate surface area is 236 Å². The summed E-state index contributed by atoms with van der Waals surface area (Å²) in [6.45, 7) is 5.47. The molecule has 0 spiro atoms. The van der Waals surface area contributed by atoms with Crippen LogP contribution in [0.5, 0.6) is 0 Å². The van der Waals surface area contributed by atoms with Gasteiger partial charge in [-0.25, -0.2) is 14.7 Å². The van der Waals surface area contributed by atoms with Crippen molar-refractivity contribution < 1.29 is 4.79 Å². The summed E-state index contributed by atoms with van der Waals surface area (Å²) in [6, 6.07) is 17.3. The summed E-state index contributed by atoms with van der Waals surface area (Å²) in [5, 5.41) is 8.80. The highest BCUT2D eigenvalue weighted by atomic mass is 16.1. The molecule has 0 radical (unpaired) electrons. The molecule has 1 amide bonds. The van der Waals surface area contributed by atoms with E-state index in [-0.39, 0.29) is 16.9 Å². The lowest BCUT2D eigenvalue weighted by Gasteiger charge is -2.13. The predicted molar refractivity (Wildman–Crippen MR) is 163 cm³/mol. The molecular weight excluding hydrogens is 518 g/mol. The number of aryl methyl sites for hydroxylation is 3. The third kappa shape index (κ3) is 6.19. The fraction of sp³-hybridized carbons (Fsp3) is 0.133. The van der Waals surface area contributed by atoms with Gasteiger partial charge >= 0.3 is 0 Å². The van der Waals surface area contributed by atoms with E-state index in [4.69, 9.17) is 16.5 Å². The molecule has 41 heavy (non-hydrogen) atoms. The standard InChI is InChI=1S/C22H20N4O.C8H11N5O/c1-3-20-23-19-11-7-8-16(12-13-17-14-15-25(2)24-17)21(19)22(27)26(20)18-9-5-4-6-10-18;1-3-4-11-8-5(7(10)14)6(9)12-13(8)2/h4-15H,3H2,1-2H3;3-4H,1H2,2H3,(H2,9,12)(H2,10,14)/b13-12+;11-4-. The number of amides is 1. The molecule has 0 unspecified atom stereocenters. The number of para-hydroxylation sites is 1. The van der Waals surface area contributed by atoms with Crippen LogP contribution in [0.1, 0.15) is 34.4 Å². The van der Waals surface area contributed by atoms with Gasteiger partial charge in [-0.3, -0.25) is 18.8 Å². The van der Waals surface area contributed by atoms with Crippen LogP contribution in [0.3, 0.4) is 0 Å². The maximum absolute atomic E-state index is 13.4. The second kappa shape index (κ2) is 12.5. The summed E-state index contributed by atoms with van der Waals surface area (Å²) in [7, 11) is 3.50. The number of nitrogen functional groups attached to an aromatic ring is 1. The maximum Gasteiger partial charge on any atom is 0.266 e. The minimum absolute atomic E-state index is 0.0516. The Kier molecular flexibility index (Phi) is 8.68. The van der Waals surface area contributed by atoms with Crippen molar-refractivity contribution in [3.63, 3.8) is 0 Å². The van der Waals surface area contributed by atoms with Crippen molar-refractivity contribution in [1.82, 2.24) is 29.1 Å². The van der Waals surface area contributed by atoms with E-state index < -0.39 is 5.91 Å². The minimum atomic E-state index is -0.646. The Bertz CT molecular complexity index is 1830. The fourth-order valence-electron chi connectivity index (χ4n) is 4.26. The maximum atomic E-state index is 13.4. The zero-order valence-corrected chi connectivity index (χ0v) is 23.1. The van der Waals surface area contributed by atoms with Gasteiger partial charge < -0.3 is 11.5 Å². The van der Waals surface area contributed by atoms with Gasteiger partial charge in [0.15, 0.2) is 11.6 Å². The monoisotopic (exact) mass is 549 g/mol. The summed E-state index contributed by atoms with van der Waals surface area (Å²) >= 11 is 0. The van der Waals surface area contributed by atoms with E-state index in [0.717, 1.165) is 22.8 Å². The molecule has 0 saturated heterocycles. The van der Waals surface area contributed by atoms with Gasteiger partial charge in [0.25, 0.3) is 11.5 Å². The number of allylic oxidation sites excluding steroid dienone is 1. The third-order valence-electron chi connectivity index (χ3n) is 6.09. The number of primary amides is 1. The number of aliphatic imine (C=N–C) groups is 1. The molecule has 4 N–H and O–H groups in total. The van der Waals surface area contributed by atoms with Gasteiger partial charge in [0, 0.05) is 32.9 Å². The van der Waals surface area contributed by atoms with Crippen molar-refractivity contribution in [3.05, 3.63) is 106 Å². The number of rotatable bonds is 7. The molecule has 11 heteroatoms. The van der Waals surface area contributed by atoms with E-state index in [0.29, 0.717) is 23.1 Å². The number of benzene rings is 2. The summed E-state index contributed by atoms with van der Waals surface area (Å²) in [6.07, 6.45) is 9.31. The number of carbonyl (C=O) groups excluding carboxylic acids is 1. The molecule has 0 aliphatic carbocycles. The van der Waals surface area contributed by atoms with Gasteiger partial charge in [0.1, 0.15) is 11.4 Å². The van der Waals surface area contributed by atoms with Crippen molar-refractivity contribution in [2.45, 2.75) is 13.3 Å². The van der Waals surface area contributed by atoms with Crippen LogP contribution in [-0.4, -0.2) is 41.2 Å². The van der Waals surface area contributed by atoms with Crippen molar-refractivity contribution in [2.75, 3.05) is 5.73 Å². The van der Waals surface area contributed by atoms with Gasteiger partial charge in [0.2, 0.25) is 0 Å².